The van der Waals surface area contributed by atoms with Crippen molar-refractivity contribution in [1.29, 1.82) is 0 Å². The highest BCUT2D eigenvalue weighted by molar-refractivity contribution is 6.33. The van der Waals surface area contributed by atoms with E-state index < -0.39 is 0 Å². The van der Waals surface area contributed by atoms with Crippen LogP contribution >= 0.6 is 0 Å². The third kappa shape index (κ3) is 2.06. The number of fused-ring (bicyclic) bond motifs is 2. The molecule has 0 spiro atoms. The third-order valence-electron chi connectivity index (χ3n) is 5.42. The summed E-state index contributed by atoms with van der Waals surface area (Å²) < 4.78 is 11.1. The van der Waals surface area contributed by atoms with Gasteiger partial charge in [-0.25, -0.2) is 0 Å². The van der Waals surface area contributed by atoms with Gasteiger partial charge in [0.15, 0.2) is 0 Å². The largest absolute Gasteiger partial charge is 0.380 e. The van der Waals surface area contributed by atoms with Crippen LogP contribution in [0.5, 0.6) is 0 Å². The topological polar surface area (TPSA) is 18.5 Å². The van der Waals surface area contributed by atoms with Gasteiger partial charge in [0, 0.05) is 14.2 Å². The second-order valence-corrected chi connectivity index (χ2v) is 6.87. The summed E-state index contributed by atoms with van der Waals surface area (Å²) >= 11 is 0. The zero-order chi connectivity index (χ0) is 17.7. The van der Waals surface area contributed by atoms with Crippen LogP contribution in [0.25, 0.3) is 43.1 Å². The maximum Gasteiger partial charge on any atom is 0.0722 e. The van der Waals surface area contributed by atoms with Gasteiger partial charge in [-0.1, -0.05) is 54.6 Å². The predicted octanol–water partition coefficient (Wildman–Crippen LogP) is 6.03. The molecule has 0 amide bonds. The molecule has 2 heteroatoms. The van der Waals surface area contributed by atoms with Gasteiger partial charge in [-0.3, -0.25) is 0 Å². The monoisotopic (exact) mass is 340 g/mol. The molecule has 0 aliphatic carbocycles. The molecule has 0 aliphatic rings. The summed E-state index contributed by atoms with van der Waals surface area (Å²) in [5.74, 6) is 0. The molecule has 0 saturated heterocycles. The smallest absolute Gasteiger partial charge is 0.0722 e. The average molecular weight is 340 g/mol. The van der Waals surface area contributed by atoms with Crippen LogP contribution in [0.1, 0.15) is 11.1 Å². The van der Waals surface area contributed by atoms with Gasteiger partial charge >= 0.3 is 0 Å². The quantitative estimate of drug-likeness (QED) is 0.294. The molecule has 0 N–H and O–H groups in total. The number of ether oxygens (including phenoxy) is 2. The fraction of sp³-hybridized carbons (Fsp3) is 0.167. The molecule has 26 heavy (non-hydrogen) atoms. The molecule has 0 bridgehead atoms. The van der Waals surface area contributed by atoms with Crippen molar-refractivity contribution in [3.05, 3.63) is 71.8 Å². The van der Waals surface area contributed by atoms with Crippen molar-refractivity contribution < 1.29 is 9.47 Å². The van der Waals surface area contributed by atoms with E-state index in [9.17, 15) is 0 Å². The first-order valence-electron chi connectivity index (χ1n) is 8.91. The Hall–Kier alpha value is -2.68. The van der Waals surface area contributed by atoms with E-state index in [4.69, 9.17) is 9.47 Å². The standard InChI is InChI=1S/C24H20O2/c1-25-13-17-12-16-8-5-10-19-18-9-3-6-15-7-4-11-20(22(15)18)24(23(16)19)21(17)14-26-2/h3-12H,13-14H2,1-2H3. The van der Waals surface area contributed by atoms with E-state index in [1.807, 2.05) is 0 Å². The second-order valence-electron chi connectivity index (χ2n) is 6.87. The van der Waals surface area contributed by atoms with E-state index in [1.165, 1.54) is 54.2 Å². The van der Waals surface area contributed by atoms with Gasteiger partial charge in [0.25, 0.3) is 0 Å². The molecule has 0 aliphatic heterocycles. The first kappa shape index (κ1) is 15.6. The van der Waals surface area contributed by atoms with Crippen molar-refractivity contribution in [2.24, 2.45) is 0 Å². The van der Waals surface area contributed by atoms with Crippen LogP contribution in [0.2, 0.25) is 0 Å². The zero-order valence-corrected chi connectivity index (χ0v) is 15.0. The third-order valence-corrected chi connectivity index (χ3v) is 5.42. The molecule has 5 aromatic rings. The average Bonchev–Trinajstić information content (AvgIpc) is 2.67. The minimum Gasteiger partial charge on any atom is -0.380 e. The molecule has 0 heterocycles. The van der Waals surface area contributed by atoms with Crippen molar-refractivity contribution in [2.45, 2.75) is 13.2 Å². The van der Waals surface area contributed by atoms with Gasteiger partial charge in [-0.2, -0.15) is 0 Å². The summed E-state index contributed by atoms with van der Waals surface area (Å²) in [6.45, 7) is 1.17. The van der Waals surface area contributed by atoms with E-state index in [0.29, 0.717) is 13.2 Å². The molecule has 0 saturated carbocycles. The van der Waals surface area contributed by atoms with Crippen molar-refractivity contribution in [2.75, 3.05) is 14.2 Å². The lowest BCUT2D eigenvalue weighted by molar-refractivity contribution is 0.169. The van der Waals surface area contributed by atoms with Crippen LogP contribution in [0.15, 0.2) is 60.7 Å². The van der Waals surface area contributed by atoms with Crippen molar-refractivity contribution in [3.8, 4) is 0 Å². The highest BCUT2D eigenvalue weighted by atomic mass is 16.5. The van der Waals surface area contributed by atoms with E-state index in [2.05, 4.69) is 60.7 Å². The van der Waals surface area contributed by atoms with Crippen molar-refractivity contribution >= 4 is 43.1 Å². The minimum absolute atomic E-state index is 0.580. The van der Waals surface area contributed by atoms with Crippen LogP contribution in [0, 0.1) is 0 Å². The molecule has 0 radical (unpaired) electrons. The Labute approximate surface area is 152 Å². The Morgan fingerprint density at radius 2 is 1.23 bits per heavy atom. The fourth-order valence-corrected chi connectivity index (χ4v) is 4.44. The molecule has 2 nitrogen and oxygen atoms in total. The Morgan fingerprint density at radius 1 is 0.615 bits per heavy atom. The van der Waals surface area contributed by atoms with Crippen LogP contribution in [-0.2, 0) is 22.7 Å². The van der Waals surface area contributed by atoms with Gasteiger partial charge in [0.05, 0.1) is 13.2 Å². The van der Waals surface area contributed by atoms with E-state index in [0.717, 1.165) is 0 Å². The zero-order valence-electron chi connectivity index (χ0n) is 15.0. The molecule has 0 fully saturated rings. The summed E-state index contributed by atoms with van der Waals surface area (Å²) in [5.41, 5.74) is 2.43. The number of rotatable bonds is 4. The number of hydrogen-bond acceptors (Lipinski definition) is 2. The summed E-state index contributed by atoms with van der Waals surface area (Å²) in [5, 5.41) is 10.4. The minimum atomic E-state index is 0.580. The summed E-state index contributed by atoms with van der Waals surface area (Å²) in [6, 6.07) is 22.0. The lowest BCUT2D eigenvalue weighted by atomic mass is 9.86. The Balaban J connectivity index is 2.13. The number of benzene rings is 5. The first-order valence-corrected chi connectivity index (χ1v) is 8.91. The summed E-state index contributed by atoms with van der Waals surface area (Å²) in [6.07, 6.45) is 0. The molecule has 128 valence electrons. The predicted molar refractivity (Wildman–Crippen MR) is 109 cm³/mol. The van der Waals surface area contributed by atoms with Crippen LogP contribution in [0.4, 0.5) is 0 Å². The highest BCUT2D eigenvalue weighted by Gasteiger charge is 2.18. The molecule has 5 rings (SSSR count). The van der Waals surface area contributed by atoms with Crippen LogP contribution in [-0.4, -0.2) is 14.2 Å². The molecule has 0 unspecified atom stereocenters. The lowest BCUT2D eigenvalue weighted by Crippen LogP contribution is -2.01. The Kier molecular flexibility index (Phi) is 3.56. The van der Waals surface area contributed by atoms with Gasteiger partial charge in [0.1, 0.15) is 0 Å². The molecular formula is C24H20O2. The summed E-state index contributed by atoms with van der Waals surface area (Å²) in [4.78, 5) is 0. The van der Waals surface area contributed by atoms with Crippen LogP contribution in [0.3, 0.4) is 0 Å². The number of methoxy groups -OCH3 is 2. The maximum absolute atomic E-state index is 5.60. The van der Waals surface area contributed by atoms with E-state index >= 15 is 0 Å². The normalized spacial score (nSPS) is 12.1. The fourth-order valence-electron chi connectivity index (χ4n) is 4.44. The number of hydrogen-bond donors (Lipinski definition) is 0. The molecular weight excluding hydrogens is 320 g/mol. The van der Waals surface area contributed by atoms with Gasteiger partial charge in [-0.15, -0.1) is 0 Å². The maximum atomic E-state index is 5.60. The van der Waals surface area contributed by atoms with Crippen LogP contribution < -0.4 is 0 Å². The van der Waals surface area contributed by atoms with Gasteiger partial charge in [-0.05, 0) is 60.3 Å². The van der Waals surface area contributed by atoms with Crippen molar-refractivity contribution in [3.63, 3.8) is 0 Å². The van der Waals surface area contributed by atoms with E-state index in [-0.39, 0.29) is 0 Å². The lowest BCUT2D eigenvalue weighted by Gasteiger charge is -2.19. The molecule has 0 atom stereocenters. The van der Waals surface area contributed by atoms with Crippen molar-refractivity contribution in [1.82, 2.24) is 0 Å². The van der Waals surface area contributed by atoms with E-state index in [1.54, 1.807) is 14.2 Å². The highest BCUT2D eigenvalue weighted by Crippen LogP contribution is 2.42. The van der Waals surface area contributed by atoms with Gasteiger partial charge < -0.3 is 9.47 Å². The van der Waals surface area contributed by atoms with Gasteiger partial charge in [0.2, 0.25) is 0 Å². The second kappa shape index (κ2) is 5.94. The Bertz CT molecular complexity index is 1250. The molecule has 5 aromatic carbocycles. The SMILES string of the molecule is COCc1cc2cccc3c4cccc5cccc(c(c1COC)c23)c54. The molecule has 0 aromatic heterocycles. The summed E-state index contributed by atoms with van der Waals surface area (Å²) in [7, 11) is 3.51. The Morgan fingerprint density at radius 3 is 1.92 bits per heavy atom. The first-order chi connectivity index (χ1) is 12.8.